The summed E-state index contributed by atoms with van der Waals surface area (Å²) in [6.07, 6.45) is 2.79. The van der Waals surface area contributed by atoms with E-state index in [4.69, 9.17) is 0 Å². The molecule has 18 heavy (non-hydrogen) atoms. The van der Waals surface area contributed by atoms with E-state index >= 15 is 0 Å². The van der Waals surface area contributed by atoms with Crippen molar-refractivity contribution in [3.05, 3.63) is 41.9 Å². The van der Waals surface area contributed by atoms with E-state index in [1.807, 2.05) is 32.0 Å². The average Bonchev–Trinajstić information content (AvgIpc) is 2.78. The Kier molecular flexibility index (Phi) is 2.26. The van der Waals surface area contributed by atoms with Gasteiger partial charge in [-0.15, -0.1) is 0 Å². The van der Waals surface area contributed by atoms with Crippen LogP contribution >= 0.6 is 0 Å². The van der Waals surface area contributed by atoms with Gasteiger partial charge in [0.15, 0.2) is 5.65 Å². The predicted octanol–water partition coefficient (Wildman–Crippen LogP) is 1.51. The zero-order chi connectivity index (χ0) is 12.7. The lowest BCUT2D eigenvalue weighted by molar-refractivity contribution is -0.272. The average molecular weight is 239 g/mol. The van der Waals surface area contributed by atoms with Gasteiger partial charge < -0.3 is 5.11 Å². The van der Waals surface area contributed by atoms with Gasteiger partial charge in [-0.25, -0.2) is 9.67 Å². The van der Waals surface area contributed by atoms with Crippen molar-refractivity contribution in [3.8, 4) is 11.6 Å². The van der Waals surface area contributed by atoms with Crippen molar-refractivity contribution in [1.82, 2.24) is 19.7 Å². The number of benzene rings is 1. The summed E-state index contributed by atoms with van der Waals surface area (Å²) in [6.45, 7) is 4.07. The third kappa shape index (κ3) is 1.44. The van der Waals surface area contributed by atoms with Crippen LogP contribution in [0.1, 0.15) is 11.1 Å². The van der Waals surface area contributed by atoms with Gasteiger partial charge >= 0.3 is 0 Å². The number of aryl methyl sites for hydroxylation is 1. The number of hydrogen-bond acceptors (Lipinski definition) is 4. The van der Waals surface area contributed by atoms with E-state index in [0.29, 0.717) is 11.0 Å². The molecule has 0 aliphatic carbocycles. The van der Waals surface area contributed by atoms with Gasteiger partial charge in [-0.05, 0) is 31.0 Å². The SMILES string of the molecule is Cc1cccc(-n2ncc3c([O-])ncnc32)c1C. The Hall–Kier alpha value is -2.43. The van der Waals surface area contributed by atoms with Crippen LogP contribution in [-0.2, 0) is 0 Å². The molecule has 2 aromatic heterocycles. The number of aromatic nitrogens is 4. The maximum absolute atomic E-state index is 11.6. The number of fused-ring (bicyclic) bond motifs is 1. The van der Waals surface area contributed by atoms with Crippen LogP contribution in [0.25, 0.3) is 16.7 Å². The lowest BCUT2D eigenvalue weighted by Crippen LogP contribution is -2.02. The first kappa shape index (κ1) is 10.7. The van der Waals surface area contributed by atoms with Crippen molar-refractivity contribution in [2.24, 2.45) is 0 Å². The van der Waals surface area contributed by atoms with E-state index in [9.17, 15) is 5.11 Å². The van der Waals surface area contributed by atoms with Crippen molar-refractivity contribution >= 4 is 11.0 Å². The van der Waals surface area contributed by atoms with Gasteiger partial charge in [0.05, 0.1) is 17.3 Å². The third-order valence-electron chi connectivity index (χ3n) is 3.13. The van der Waals surface area contributed by atoms with E-state index in [-0.39, 0.29) is 5.88 Å². The van der Waals surface area contributed by atoms with Crippen LogP contribution < -0.4 is 5.11 Å². The molecule has 90 valence electrons. The van der Waals surface area contributed by atoms with Gasteiger partial charge in [-0.3, -0.25) is 4.98 Å². The number of rotatable bonds is 1. The summed E-state index contributed by atoms with van der Waals surface area (Å²) in [5, 5.41) is 16.3. The summed E-state index contributed by atoms with van der Waals surface area (Å²) in [5.74, 6) is -0.295. The van der Waals surface area contributed by atoms with Crippen molar-refractivity contribution < 1.29 is 5.11 Å². The van der Waals surface area contributed by atoms with Crippen molar-refractivity contribution in [2.45, 2.75) is 13.8 Å². The van der Waals surface area contributed by atoms with Crippen LogP contribution in [0, 0.1) is 13.8 Å². The van der Waals surface area contributed by atoms with E-state index in [1.165, 1.54) is 18.1 Å². The molecule has 0 saturated heterocycles. The molecule has 3 aromatic rings. The molecule has 5 heteroatoms. The summed E-state index contributed by atoms with van der Waals surface area (Å²) < 4.78 is 1.68. The first-order valence-corrected chi connectivity index (χ1v) is 5.61. The van der Waals surface area contributed by atoms with Gasteiger partial charge in [0.2, 0.25) is 0 Å². The molecule has 0 atom stereocenters. The van der Waals surface area contributed by atoms with Crippen molar-refractivity contribution in [3.63, 3.8) is 0 Å². The highest BCUT2D eigenvalue weighted by Gasteiger charge is 2.09. The van der Waals surface area contributed by atoms with E-state index in [2.05, 4.69) is 15.1 Å². The summed E-state index contributed by atoms with van der Waals surface area (Å²) in [6, 6.07) is 5.96. The molecule has 5 nitrogen and oxygen atoms in total. The van der Waals surface area contributed by atoms with Gasteiger partial charge in [-0.1, -0.05) is 12.1 Å². The molecule has 0 fully saturated rings. The Morgan fingerprint density at radius 1 is 1.17 bits per heavy atom. The lowest BCUT2D eigenvalue weighted by atomic mass is 10.1. The quantitative estimate of drug-likeness (QED) is 0.645. The van der Waals surface area contributed by atoms with Crippen LogP contribution in [0.4, 0.5) is 0 Å². The lowest BCUT2D eigenvalue weighted by Gasteiger charge is -2.09. The molecule has 0 N–H and O–H groups in total. The van der Waals surface area contributed by atoms with Crippen LogP contribution in [-0.4, -0.2) is 19.7 Å². The maximum Gasteiger partial charge on any atom is 0.165 e. The molecule has 0 amide bonds. The molecule has 0 unspecified atom stereocenters. The fraction of sp³-hybridized carbons (Fsp3) is 0.154. The van der Waals surface area contributed by atoms with Crippen LogP contribution in [0.5, 0.6) is 5.88 Å². The Morgan fingerprint density at radius 2 is 2.00 bits per heavy atom. The second kappa shape index (κ2) is 3.80. The second-order valence-electron chi connectivity index (χ2n) is 4.19. The highest BCUT2D eigenvalue weighted by atomic mass is 16.3. The van der Waals surface area contributed by atoms with E-state index in [0.717, 1.165) is 11.3 Å². The van der Waals surface area contributed by atoms with Crippen molar-refractivity contribution in [2.75, 3.05) is 0 Å². The molecule has 0 spiro atoms. The Morgan fingerprint density at radius 3 is 2.83 bits per heavy atom. The molecule has 3 rings (SSSR count). The van der Waals surface area contributed by atoms with Gasteiger partial charge in [-0.2, -0.15) is 5.10 Å². The van der Waals surface area contributed by atoms with Crippen LogP contribution in [0.15, 0.2) is 30.7 Å². The highest BCUT2D eigenvalue weighted by molar-refractivity contribution is 5.80. The second-order valence-corrected chi connectivity index (χ2v) is 4.19. The Balaban J connectivity index is 2.33. The molecule has 0 aliphatic rings. The Bertz CT molecular complexity index is 733. The number of hydrogen-bond donors (Lipinski definition) is 0. The van der Waals surface area contributed by atoms with E-state index in [1.54, 1.807) is 4.68 Å². The topological polar surface area (TPSA) is 66.7 Å². The van der Waals surface area contributed by atoms with Gasteiger partial charge in [0.1, 0.15) is 6.33 Å². The third-order valence-corrected chi connectivity index (χ3v) is 3.13. The summed E-state index contributed by atoms with van der Waals surface area (Å²) in [5.41, 5.74) is 3.77. The first-order chi connectivity index (χ1) is 8.68. The minimum absolute atomic E-state index is 0.295. The molecule has 0 saturated carbocycles. The minimum atomic E-state index is -0.295. The molecule has 1 aromatic carbocycles. The van der Waals surface area contributed by atoms with Crippen LogP contribution in [0.3, 0.4) is 0 Å². The fourth-order valence-electron chi connectivity index (χ4n) is 1.96. The molecular weight excluding hydrogens is 228 g/mol. The maximum atomic E-state index is 11.6. The zero-order valence-electron chi connectivity index (χ0n) is 10.1. The normalized spacial score (nSPS) is 11.0. The molecule has 0 radical (unpaired) electrons. The van der Waals surface area contributed by atoms with Crippen LogP contribution in [0.2, 0.25) is 0 Å². The smallest absolute Gasteiger partial charge is 0.165 e. The largest absolute Gasteiger partial charge is 0.858 e. The van der Waals surface area contributed by atoms with Gasteiger partial charge in [0, 0.05) is 5.88 Å². The first-order valence-electron chi connectivity index (χ1n) is 5.61. The molecular formula is C13H11N4O-. The van der Waals surface area contributed by atoms with Crippen molar-refractivity contribution in [1.29, 1.82) is 0 Å². The standard InChI is InChI=1S/C13H12N4O/c1-8-4-3-5-11(9(8)2)17-12-10(6-16-17)13(18)15-7-14-12/h3-7H,1-2H3,(H,14,15,18)/p-1. The molecule has 2 heterocycles. The summed E-state index contributed by atoms with van der Waals surface area (Å²) in [4.78, 5) is 7.77. The number of nitrogens with zero attached hydrogens (tertiary/aromatic N) is 4. The fourth-order valence-corrected chi connectivity index (χ4v) is 1.96. The summed E-state index contributed by atoms with van der Waals surface area (Å²) >= 11 is 0. The zero-order valence-corrected chi connectivity index (χ0v) is 10.1. The predicted molar refractivity (Wildman–Crippen MR) is 65.6 cm³/mol. The molecule has 0 bridgehead atoms. The molecule has 0 aliphatic heterocycles. The van der Waals surface area contributed by atoms with E-state index < -0.39 is 0 Å². The monoisotopic (exact) mass is 239 g/mol. The highest BCUT2D eigenvalue weighted by Crippen LogP contribution is 2.23. The van der Waals surface area contributed by atoms with Gasteiger partial charge in [0.25, 0.3) is 0 Å². The summed E-state index contributed by atoms with van der Waals surface area (Å²) in [7, 11) is 0. The Labute approximate surface area is 104 Å². The minimum Gasteiger partial charge on any atom is -0.858 e.